The van der Waals surface area contributed by atoms with Crippen molar-refractivity contribution in [1.29, 1.82) is 0 Å². The van der Waals surface area contributed by atoms with Gasteiger partial charge in [-0.2, -0.15) is 13.4 Å². The first kappa shape index (κ1) is 8.59. The normalized spacial score (nSPS) is 11.4. The Balaban J connectivity index is 3.17. The SMILES string of the molecule is O=[N+]([O-])c1cnc(S(=O)(=O)F)[nH]1. The number of hydrogen-bond acceptors (Lipinski definition) is 5. The van der Waals surface area contributed by atoms with Crippen molar-refractivity contribution in [3.05, 3.63) is 16.3 Å². The largest absolute Gasteiger partial charge is 0.389 e. The van der Waals surface area contributed by atoms with Gasteiger partial charge in [0.1, 0.15) is 6.20 Å². The van der Waals surface area contributed by atoms with E-state index >= 15 is 0 Å². The Morgan fingerprint density at radius 3 is 2.50 bits per heavy atom. The maximum absolute atomic E-state index is 12.1. The average molecular weight is 195 g/mol. The third kappa shape index (κ3) is 1.56. The number of nitro groups is 1. The molecule has 9 heteroatoms. The Labute approximate surface area is 65.6 Å². The van der Waals surface area contributed by atoms with E-state index in [9.17, 15) is 22.4 Å². The molecule has 0 aromatic carbocycles. The van der Waals surface area contributed by atoms with Crippen LogP contribution in [0.15, 0.2) is 11.4 Å². The molecule has 1 N–H and O–H groups in total. The lowest BCUT2D eigenvalue weighted by Crippen LogP contribution is -1.95. The third-order valence-corrected chi connectivity index (χ3v) is 1.64. The molecule has 0 bridgehead atoms. The minimum atomic E-state index is -4.99. The van der Waals surface area contributed by atoms with E-state index in [2.05, 4.69) is 4.98 Å². The summed E-state index contributed by atoms with van der Waals surface area (Å²) in [5.41, 5.74) is 0. The summed E-state index contributed by atoms with van der Waals surface area (Å²) < 4.78 is 32.2. The van der Waals surface area contributed by atoms with Crippen LogP contribution in [0.25, 0.3) is 0 Å². The molecule has 0 aliphatic carbocycles. The topological polar surface area (TPSA) is 106 Å². The number of nitrogens with zero attached hydrogens (tertiary/aromatic N) is 2. The monoisotopic (exact) mass is 195 g/mol. The number of nitrogens with one attached hydrogen (secondary N) is 1. The second-order valence-corrected chi connectivity index (χ2v) is 3.03. The van der Waals surface area contributed by atoms with Crippen LogP contribution < -0.4 is 0 Å². The number of H-pyrrole nitrogens is 1. The highest BCUT2D eigenvalue weighted by molar-refractivity contribution is 7.86. The molecule has 7 nitrogen and oxygen atoms in total. The standard InChI is InChI=1S/C3H2FN3O4S/c4-12(10,11)3-5-1-2(6-3)7(8)9/h1H,(H,5,6). The highest BCUT2D eigenvalue weighted by Crippen LogP contribution is 2.11. The van der Waals surface area contributed by atoms with Crippen molar-refractivity contribution >= 4 is 16.0 Å². The summed E-state index contributed by atoms with van der Waals surface area (Å²) in [4.78, 5) is 13.7. The minimum Gasteiger partial charge on any atom is -0.358 e. The molecular formula is C3H2FN3O4S. The summed E-state index contributed by atoms with van der Waals surface area (Å²) in [5, 5.41) is 8.90. The molecular weight excluding hydrogens is 193 g/mol. The van der Waals surface area contributed by atoms with Crippen molar-refractivity contribution in [2.75, 3.05) is 0 Å². The Bertz CT molecular complexity index is 409. The number of imidazole rings is 1. The number of halogens is 1. The summed E-state index contributed by atoms with van der Waals surface area (Å²) in [6.45, 7) is 0. The predicted octanol–water partition coefficient (Wildman–Crippen LogP) is -0.0239. The fourth-order valence-electron chi connectivity index (χ4n) is 0.511. The van der Waals surface area contributed by atoms with Crippen molar-refractivity contribution in [3.63, 3.8) is 0 Å². The quantitative estimate of drug-likeness (QED) is 0.405. The first-order valence-corrected chi connectivity index (χ1v) is 3.93. The van der Waals surface area contributed by atoms with Gasteiger partial charge in [-0.25, -0.2) is 4.98 Å². The van der Waals surface area contributed by atoms with Crippen LogP contribution >= 0.6 is 0 Å². The van der Waals surface area contributed by atoms with Crippen LogP contribution in [0.4, 0.5) is 9.70 Å². The molecule has 0 saturated carbocycles. The molecule has 0 aliphatic heterocycles. The highest BCUT2D eigenvalue weighted by Gasteiger charge is 2.22. The molecule has 0 saturated heterocycles. The van der Waals surface area contributed by atoms with E-state index < -0.39 is 26.1 Å². The van der Waals surface area contributed by atoms with Gasteiger partial charge in [0.2, 0.25) is 0 Å². The van der Waals surface area contributed by atoms with Crippen molar-refractivity contribution in [3.8, 4) is 0 Å². The van der Waals surface area contributed by atoms with Gasteiger partial charge in [0, 0.05) is 0 Å². The van der Waals surface area contributed by atoms with Gasteiger partial charge in [0.25, 0.3) is 0 Å². The van der Waals surface area contributed by atoms with E-state index in [4.69, 9.17) is 0 Å². The maximum atomic E-state index is 12.1. The van der Waals surface area contributed by atoms with Crippen LogP contribution in [-0.2, 0) is 10.2 Å². The van der Waals surface area contributed by atoms with Crippen LogP contribution in [-0.4, -0.2) is 23.3 Å². The van der Waals surface area contributed by atoms with E-state index in [0.717, 1.165) is 0 Å². The number of hydrogen-bond donors (Lipinski definition) is 1. The fourth-order valence-corrected chi connectivity index (χ4v) is 0.916. The Hall–Kier alpha value is -1.51. The van der Waals surface area contributed by atoms with Crippen molar-refractivity contribution in [1.82, 2.24) is 9.97 Å². The van der Waals surface area contributed by atoms with Crippen LogP contribution in [0.2, 0.25) is 0 Å². The van der Waals surface area contributed by atoms with Crippen molar-refractivity contribution in [2.45, 2.75) is 5.16 Å². The molecule has 0 radical (unpaired) electrons. The van der Waals surface area contributed by atoms with E-state index in [1.165, 1.54) is 0 Å². The molecule has 0 aliphatic rings. The van der Waals surface area contributed by atoms with Gasteiger partial charge in [0.05, 0.1) is 0 Å². The molecule has 12 heavy (non-hydrogen) atoms. The lowest BCUT2D eigenvalue weighted by molar-refractivity contribution is -0.389. The van der Waals surface area contributed by atoms with Gasteiger partial charge >= 0.3 is 21.2 Å². The van der Waals surface area contributed by atoms with Gasteiger partial charge in [-0.1, -0.05) is 3.89 Å². The second-order valence-electron chi connectivity index (χ2n) is 1.77. The van der Waals surface area contributed by atoms with Crippen LogP contribution in [0, 0.1) is 10.1 Å². The summed E-state index contributed by atoms with van der Waals surface area (Å²) >= 11 is 0. The van der Waals surface area contributed by atoms with E-state index in [-0.39, 0.29) is 0 Å². The van der Waals surface area contributed by atoms with Crippen molar-refractivity contribution < 1.29 is 17.2 Å². The summed E-state index contributed by atoms with van der Waals surface area (Å²) in [5.74, 6) is -0.675. The second kappa shape index (κ2) is 2.52. The molecule has 0 atom stereocenters. The lowest BCUT2D eigenvalue weighted by atomic mass is 10.8. The molecule has 0 fully saturated rings. The first-order chi connectivity index (χ1) is 5.41. The zero-order valence-electron chi connectivity index (χ0n) is 5.39. The van der Waals surface area contributed by atoms with Gasteiger partial charge in [-0.05, 0) is 4.92 Å². The van der Waals surface area contributed by atoms with E-state index in [0.29, 0.717) is 6.20 Å². The predicted molar refractivity (Wildman–Crippen MR) is 33.5 cm³/mol. The van der Waals surface area contributed by atoms with Crippen LogP contribution in [0.5, 0.6) is 0 Å². The summed E-state index contributed by atoms with van der Waals surface area (Å²) in [6, 6.07) is 0. The van der Waals surface area contributed by atoms with Crippen LogP contribution in [0.3, 0.4) is 0 Å². The first-order valence-electron chi connectivity index (χ1n) is 2.55. The molecule has 66 valence electrons. The van der Waals surface area contributed by atoms with E-state index in [1.54, 1.807) is 4.98 Å². The Morgan fingerprint density at radius 2 is 2.25 bits per heavy atom. The van der Waals surface area contributed by atoms with Gasteiger partial charge in [-0.3, -0.25) is 0 Å². The van der Waals surface area contributed by atoms with Crippen LogP contribution in [0.1, 0.15) is 0 Å². The average Bonchev–Trinajstić information content (AvgIpc) is 2.30. The Morgan fingerprint density at radius 1 is 1.67 bits per heavy atom. The Kier molecular flexibility index (Phi) is 1.80. The van der Waals surface area contributed by atoms with Crippen molar-refractivity contribution in [2.24, 2.45) is 0 Å². The molecule has 1 rings (SSSR count). The third-order valence-electron chi connectivity index (χ3n) is 0.967. The smallest absolute Gasteiger partial charge is 0.358 e. The molecule has 1 aromatic heterocycles. The van der Waals surface area contributed by atoms with Gasteiger partial charge < -0.3 is 10.1 Å². The molecule has 0 unspecified atom stereocenters. The summed E-state index contributed by atoms with van der Waals surface area (Å²) in [6.07, 6.45) is 0.618. The minimum absolute atomic E-state index is 0.618. The zero-order valence-corrected chi connectivity index (χ0v) is 6.21. The summed E-state index contributed by atoms with van der Waals surface area (Å²) in [7, 11) is -4.99. The number of aromatic amines is 1. The number of rotatable bonds is 2. The zero-order chi connectivity index (χ0) is 9.35. The molecule has 0 amide bonds. The molecule has 1 heterocycles. The van der Waals surface area contributed by atoms with E-state index in [1.807, 2.05) is 0 Å². The lowest BCUT2D eigenvalue weighted by Gasteiger charge is -1.84. The maximum Gasteiger partial charge on any atom is 0.389 e. The van der Waals surface area contributed by atoms with Gasteiger partial charge in [-0.15, -0.1) is 0 Å². The number of aromatic nitrogens is 2. The fraction of sp³-hybridized carbons (Fsp3) is 0. The molecule has 0 spiro atoms. The van der Waals surface area contributed by atoms with Gasteiger partial charge in [0.15, 0.2) is 0 Å². The molecule has 1 aromatic rings. The highest BCUT2D eigenvalue weighted by atomic mass is 32.3.